The van der Waals surface area contributed by atoms with E-state index in [1.807, 2.05) is 13.0 Å². The quantitative estimate of drug-likeness (QED) is 0.728. The van der Waals surface area contributed by atoms with Gasteiger partial charge in [0.05, 0.1) is 6.61 Å². The largest absolute Gasteiger partial charge is 0.395 e. The van der Waals surface area contributed by atoms with Crippen LogP contribution in [0, 0.1) is 6.92 Å². The summed E-state index contributed by atoms with van der Waals surface area (Å²) in [5.74, 6) is 1.58. The molecule has 0 spiro atoms. The minimum absolute atomic E-state index is 0.136. The Morgan fingerprint density at radius 1 is 1.25 bits per heavy atom. The fraction of sp³-hybridized carbons (Fsp3) is 0.733. The highest BCUT2D eigenvalue weighted by Gasteiger charge is 2.17. The molecular formula is C15H28N4O. The Bertz CT molecular complexity index is 393. The van der Waals surface area contributed by atoms with E-state index in [2.05, 4.69) is 41.0 Å². The lowest BCUT2D eigenvalue weighted by molar-refractivity contribution is 0.295. The monoisotopic (exact) mass is 280 g/mol. The van der Waals surface area contributed by atoms with E-state index in [1.54, 1.807) is 0 Å². The van der Waals surface area contributed by atoms with Crippen molar-refractivity contribution in [2.45, 2.75) is 53.0 Å². The number of aliphatic hydroxyl groups is 1. The standard InChI is InChI=1S/C15H28N4O/c1-5-8-16-15-17-12(4)11-14(18-15)19(9-10-20)13(6-2)7-3/h11,13,20H,5-10H2,1-4H3,(H,16,17,18). The van der Waals surface area contributed by atoms with Gasteiger partial charge in [0, 0.05) is 30.9 Å². The molecule has 0 aromatic carbocycles. The Morgan fingerprint density at radius 3 is 2.50 bits per heavy atom. The second-order valence-corrected chi connectivity index (χ2v) is 5.01. The van der Waals surface area contributed by atoms with E-state index >= 15 is 0 Å². The first-order valence-electron chi connectivity index (χ1n) is 7.63. The van der Waals surface area contributed by atoms with Gasteiger partial charge in [0.15, 0.2) is 0 Å². The third kappa shape index (κ3) is 4.63. The van der Waals surface area contributed by atoms with E-state index < -0.39 is 0 Å². The molecular weight excluding hydrogens is 252 g/mol. The zero-order chi connectivity index (χ0) is 15.0. The fourth-order valence-corrected chi connectivity index (χ4v) is 2.34. The van der Waals surface area contributed by atoms with Crippen LogP contribution in [0.5, 0.6) is 0 Å². The maximum atomic E-state index is 9.32. The molecule has 1 aromatic heterocycles. The van der Waals surface area contributed by atoms with E-state index in [1.165, 1.54) is 0 Å². The van der Waals surface area contributed by atoms with E-state index in [4.69, 9.17) is 0 Å². The first-order chi connectivity index (χ1) is 9.65. The summed E-state index contributed by atoms with van der Waals surface area (Å²) in [7, 11) is 0. The molecule has 0 bridgehead atoms. The number of aliphatic hydroxyl groups excluding tert-OH is 1. The molecule has 1 heterocycles. The summed E-state index contributed by atoms with van der Waals surface area (Å²) >= 11 is 0. The minimum atomic E-state index is 0.136. The van der Waals surface area contributed by atoms with Crippen LogP contribution < -0.4 is 10.2 Å². The maximum Gasteiger partial charge on any atom is 0.224 e. The average Bonchev–Trinajstić information content (AvgIpc) is 2.44. The van der Waals surface area contributed by atoms with Crippen LogP contribution >= 0.6 is 0 Å². The molecule has 0 unspecified atom stereocenters. The first-order valence-corrected chi connectivity index (χ1v) is 7.63. The number of anilines is 2. The van der Waals surface area contributed by atoms with Gasteiger partial charge in [-0.15, -0.1) is 0 Å². The van der Waals surface area contributed by atoms with Crippen molar-refractivity contribution in [2.75, 3.05) is 29.9 Å². The molecule has 1 aromatic rings. The Kier molecular flexibility index (Phi) is 7.30. The Morgan fingerprint density at radius 2 is 1.95 bits per heavy atom. The average molecular weight is 280 g/mol. The molecule has 0 atom stereocenters. The topological polar surface area (TPSA) is 61.3 Å². The minimum Gasteiger partial charge on any atom is -0.395 e. The van der Waals surface area contributed by atoms with E-state index in [0.29, 0.717) is 18.5 Å². The normalized spacial score (nSPS) is 10.9. The molecule has 1 rings (SSSR count). The number of hydrogen-bond acceptors (Lipinski definition) is 5. The molecule has 0 saturated carbocycles. The lowest BCUT2D eigenvalue weighted by Crippen LogP contribution is -2.37. The summed E-state index contributed by atoms with van der Waals surface area (Å²) in [5, 5.41) is 12.6. The summed E-state index contributed by atoms with van der Waals surface area (Å²) in [6.07, 6.45) is 3.12. The number of aryl methyl sites for hydroxylation is 1. The van der Waals surface area contributed by atoms with E-state index in [-0.39, 0.29) is 6.61 Å². The highest BCUT2D eigenvalue weighted by Crippen LogP contribution is 2.20. The lowest BCUT2D eigenvalue weighted by Gasteiger charge is -2.31. The molecule has 114 valence electrons. The van der Waals surface area contributed by atoms with Crippen LogP contribution in [0.3, 0.4) is 0 Å². The molecule has 0 amide bonds. The first kappa shape index (κ1) is 16.7. The number of nitrogens with one attached hydrogen (secondary N) is 1. The van der Waals surface area contributed by atoms with Gasteiger partial charge < -0.3 is 15.3 Å². The lowest BCUT2D eigenvalue weighted by atomic mass is 10.1. The van der Waals surface area contributed by atoms with Gasteiger partial charge >= 0.3 is 0 Å². The van der Waals surface area contributed by atoms with Gasteiger partial charge in [-0.3, -0.25) is 0 Å². The van der Waals surface area contributed by atoms with Crippen LogP contribution in [0.4, 0.5) is 11.8 Å². The summed E-state index contributed by atoms with van der Waals surface area (Å²) < 4.78 is 0. The summed E-state index contributed by atoms with van der Waals surface area (Å²) in [6.45, 7) is 10.0. The van der Waals surface area contributed by atoms with Gasteiger partial charge in [-0.25, -0.2) is 4.98 Å². The van der Waals surface area contributed by atoms with E-state index in [9.17, 15) is 5.11 Å². The molecule has 2 N–H and O–H groups in total. The van der Waals surface area contributed by atoms with Crippen LogP contribution in [0.15, 0.2) is 6.07 Å². The molecule has 0 fully saturated rings. The van der Waals surface area contributed by atoms with E-state index in [0.717, 1.165) is 37.3 Å². The summed E-state index contributed by atoms with van der Waals surface area (Å²) in [6, 6.07) is 2.39. The van der Waals surface area contributed by atoms with Gasteiger partial charge in [0.25, 0.3) is 0 Å². The summed E-state index contributed by atoms with van der Waals surface area (Å²) in [4.78, 5) is 11.2. The Balaban J connectivity index is 3.02. The van der Waals surface area contributed by atoms with Crippen molar-refractivity contribution in [2.24, 2.45) is 0 Å². The second kappa shape index (κ2) is 8.74. The number of aromatic nitrogens is 2. The van der Waals surface area contributed by atoms with Crippen molar-refractivity contribution >= 4 is 11.8 Å². The SMILES string of the molecule is CCCNc1nc(C)cc(N(CCO)C(CC)CC)n1. The third-order valence-corrected chi connectivity index (χ3v) is 3.39. The predicted octanol–water partition coefficient (Wildman–Crippen LogP) is 2.59. The molecule has 0 aliphatic heterocycles. The summed E-state index contributed by atoms with van der Waals surface area (Å²) in [5.41, 5.74) is 0.947. The van der Waals surface area contributed by atoms with Gasteiger partial charge in [0.2, 0.25) is 5.95 Å². The third-order valence-electron chi connectivity index (χ3n) is 3.39. The van der Waals surface area contributed by atoms with Crippen LogP contribution in [0.25, 0.3) is 0 Å². The van der Waals surface area contributed by atoms with Crippen LogP contribution in [0.2, 0.25) is 0 Å². The maximum absolute atomic E-state index is 9.32. The number of rotatable bonds is 9. The number of nitrogens with zero attached hydrogens (tertiary/aromatic N) is 3. The van der Waals surface area contributed by atoms with Crippen molar-refractivity contribution < 1.29 is 5.11 Å². The van der Waals surface area contributed by atoms with Crippen molar-refractivity contribution in [1.29, 1.82) is 0 Å². The fourth-order valence-electron chi connectivity index (χ4n) is 2.34. The van der Waals surface area contributed by atoms with Gasteiger partial charge in [-0.1, -0.05) is 20.8 Å². The van der Waals surface area contributed by atoms with Crippen molar-refractivity contribution in [3.63, 3.8) is 0 Å². The number of hydrogen-bond donors (Lipinski definition) is 2. The smallest absolute Gasteiger partial charge is 0.224 e. The van der Waals surface area contributed by atoms with Crippen LogP contribution in [-0.2, 0) is 0 Å². The van der Waals surface area contributed by atoms with Crippen molar-refractivity contribution in [1.82, 2.24) is 9.97 Å². The highest BCUT2D eigenvalue weighted by molar-refractivity contribution is 5.45. The molecule has 0 radical (unpaired) electrons. The molecule has 0 saturated heterocycles. The zero-order valence-electron chi connectivity index (χ0n) is 13.2. The van der Waals surface area contributed by atoms with Crippen molar-refractivity contribution in [3.05, 3.63) is 11.8 Å². The molecule has 5 heteroatoms. The zero-order valence-corrected chi connectivity index (χ0v) is 13.2. The van der Waals surface area contributed by atoms with Crippen LogP contribution in [0.1, 0.15) is 45.7 Å². The van der Waals surface area contributed by atoms with Crippen LogP contribution in [-0.4, -0.2) is 40.8 Å². The predicted molar refractivity (Wildman–Crippen MR) is 84.4 cm³/mol. The Labute approximate surface area is 122 Å². The molecule has 20 heavy (non-hydrogen) atoms. The van der Waals surface area contributed by atoms with Crippen molar-refractivity contribution in [3.8, 4) is 0 Å². The van der Waals surface area contributed by atoms with Gasteiger partial charge in [0.1, 0.15) is 5.82 Å². The second-order valence-electron chi connectivity index (χ2n) is 5.01. The molecule has 0 aliphatic carbocycles. The highest BCUT2D eigenvalue weighted by atomic mass is 16.3. The Hall–Kier alpha value is -1.36. The van der Waals surface area contributed by atoms with Gasteiger partial charge in [-0.05, 0) is 26.2 Å². The van der Waals surface area contributed by atoms with Gasteiger partial charge in [-0.2, -0.15) is 4.98 Å². The molecule has 5 nitrogen and oxygen atoms in total. The molecule has 0 aliphatic rings.